The van der Waals surface area contributed by atoms with Gasteiger partial charge in [0.15, 0.2) is 5.60 Å². The maximum Gasteiger partial charge on any atom is 0.302 e. The molecule has 0 aliphatic carbocycles. The molecule has 0 bridgehead atoms. The van der Waals surface area contributed by atoms with Gasteiger partial charge in [0.1, 0.15) is 12.4 Å². The lowest BCUT2D eigenvalue weighted by molar-refractivity contribution is -0.384. The number of non-ortho nitro benzene ring substituents is 1. The first-order chi connectivity index (χ1) is 8.89. The molecule has 6 heteroatoms. The number of nitrogens with zero attached hydrogens (tertiary/aromatic N) is 1. The van der Waals surface area contributed by atoms with E-state index < -0.39 is 10.5 Å². The second kappa shape index (κ2) is 4.72. The molecule has 1 aromatic carbocycles. The van der Waals surface area contributed by atoms with Crippen molar-refractivity contribution in [1.29, 1.82) is 0 Å². The molecular formula is C13H13NO5. The molecule has 0 amide bonds. The van der Waals surface area contributed by atoms with E-state index in [0.29, 0.717) is 11.3 Å². The van der Waals surface area contributed by atoms with Crippen LogP contribution in [0.2, 0.25) is 0 Å². The van der Waals surface area contributed by atoms with Crippen molar-refractivity contribution < 1.29 is 19.2 Å². The van der Waals surface area contributed by atoms with Crippen LogP contribution in [0.25, 0.3) is 6.08 Å². The summed E-state index contributed by atoms with van der Waals surface area (Å²) in [5, 5.41) is 10.7. The average molecular weight is 263 g/mol. The van der Waals surface area contributed by atoms with Crippen LogP contribution in [0.15, 0.2) is 24.3 Å². The van der Waals surface area contributed by atoms with Crippen molar-refractivity contribution in [2.75, 3.05) is 6.61 Å². The highest BCUT2D eigenvalue weighted by molar-refractivity contribution is 5.66. The highest BCUT2D eigenvalue weighted by Gasteiger charge is 2.29. The maximum absolute atomic E-state index is 10.8. The fraction of sp³-hybridized carbons (Fsp3) is 0.308. The number of nitro groups is 1. The van der Waals surface area contributed by atoms with Crippen molar-refractivity contribution in [2.24, 2.45) is 0 Å². The molecule has 0 radical (unpaired) electrons. The number of esters is 1. The number of hydrogen-bond acceptors (Lipinski definition) is 5. The van der Waals surface area contributed by atoms with Gasteiger partial charge in [0.05, 0.1) is 4.92 Å². The van der Waals surface area contributed by atoms with Crippen LogP contribution in [0, 0.1) is 10.1 Å². The number of ether oxygens (including phenoxy) is 2. The molecule has 0 saturated heterocycles. The highest BCUT2D eigenvalue weighted by Crippen LogP contribution is 2.33. The number of fused-ring (bicyclic) bond motifs is 1. The van der Waals surface area contributed by atoms with Crippen LogP contribution in [-0.4, -0.2) is 23.1 Å². The first-order valence-corrected chi connectivity index (χ1v) is 5.70. The van der Waals surface area contributed by atoms with E-state index in [2.05, 4.69) is 0 Å². The molecule has 0 saturated carbocycles. The highest BCUT2D eigenvalue weighted by atomic mass is 16.6. The number of nitro benzene ring substituents is 1. The van der Waals surface area contributed by atoms with Gasteiger partial charge in [-0.25, -0.2) is 0 Å². The summed E-state index contributed by atoms with van der Waals surface area (Å²) in [6, 6.07) is 4.37. The third-order valence-corrected chi connectivity index (χ3v) is 2.72. The minimum absolute atomic E-state index is 0.00980. The normalized spacial score (nSPS) is 20.3. The number of rotatable bonds is 3. The molecule has 100 valence electrons. The Hall–Kier alpha value is -2.37. The lowest BCUT2D eigenvalue weighted by Crippen LogP contribution is -2.37. The molecule has 19 heavy (non-hydrogen) atoms. The molecule has 1 aromatic rings. The second-order valence-corrected chi connectivity index (χ2v) is 4.51. The summed E-state index contributed by atoms with van der Waals surface area (Å²) >= 11 is 0. The van der Waals surface area contributed by atoms with Gasteiger partial charge < -0.3 is 9.47 Å². The van der Waals surface area contributed by atoms with Crippen molar-refractivity contribution in [1.82, 2.24) is 0 Å². The Bertz CT molecular complexity index is 566. The molecule has 0 aromatic heterocycles. The fourth-order valence-electron chi connectivity index (χ4n) is 1.75. The molecule has 0 N–H and O–H groups in total. The zero-order valence-electron chi connectivity index (χ0n) is 10.6. The Kier molecular flexibility index (Phi) is 3.25. The third-order valence-electron chi connectivity index (χ3n) is 2.72. The van der Waals surface area contributed by atoms with Crippen molar-refractivity contribution in [3.8, 4) is 5.75 Å². The largest absolute Gasteiger partial charge is 0.479 e. The van der Waals surface area contributed by atoms with Gasteiger partial charge in [0.2, 0.25) is 0 Å². The monoisotopic (exact) mass is 263 g/mol. The topological polar surface area (TPSA) is 78.7 Å². The van der Waals surface area contributed by atoms with Crippen LogP contribution in [0.1, 0.15) is 19.4 Å². The number of carbonyl (C=O) groups excluding carboxylic acids is 1. The van der Waals surface area contributed by atoms with Gasteiger partial charge in [0.25, 0.3) is 5.69 Å². The van der Waals surface area contributed by atoms with E-state index in [1.165, 1.54) is 19.1 Å². The number of carbonyl (C=O) groups is 1. The van der Waals surface area contributed by atoms with E-state index in [4.69, 9.17) is 9.47 Å². The average Bonchev–Trinajstić information content (AvgIpc) is 2.36. The molecule has 0 spiro atoms. The minimum atomic E-state index is -0.755. The predicted molar refractivity (Wildman–Crippen MR) is 67.8 cm³/mol. The van der Waals surface area contributed by atoms with E-state index in [-0.39, 0.29) is 18.3 Å². The van der Waals surface area contributed by atoms with Crippen LogP contribution in [0.4, 0.5) is 5.69 Å². The van der Waals surface area contributed by atoms with E-state index in [9.17, 15) is 14.9 Å². The van der Waals surface area contributed by atoms with E-state index in [0.717, 1.165) is 0 Å². The molecule has 1 atom stereocenters. The molecule has 1 aliphatic rings. The predicted octanol–water partition coefficient (Wildman–Crippen LogP) is 2.32. The molecule has 2 rings (SSSR count). The Labute approximate surface area is 109 Å². The fourth-order valence-corrected chi connectivity index (χ4v) is 1.75. The summed E-state index contributed by atoms with van der Waals surface area (Å²) in [7, 11) is 0. The SMILES string of the molecule is CC(=O)OCC1(C)C=Cc2cc([N+](=O)[O-])ccc2O1. The Morgan fingerprint density at radius 1 is 1.53 bits per heavy atom. The summed E-state index contributed by atoms with van der Waals surface area (Å²) in [6.07, 6.45) is 3.46. The lowest BCUT2D eigenvalue weighted by atomic mass is 10.0. The van der Waals surface area contributed by atoms with Crippen molar-refractivity contribution in [3.63, 3.8) is 0 Å². The number of hydrogen-bond donors (Lipinski definition) is 0. The first-order valence-electron chi connectivity index (χ1n) is 5.70. The molecule has 6 nitrogen and oxygen atoms in total. The lowest BCUT2D eigenvalue weighted by Gasteiger charge is -2.30. The smallest absolute Gasteiger partial charge is 0.302 e. The van der Waals surface area contributed by atoms with Crippen molar-refractivity contribution >= 4 is 17.7 Å². The Morgan fingerprint density at radius 3 is 2.89 bits per heavy atom. The summed E-state index contributed by atoms with van der Waals surface area (Å²) in [4.78, 5) is 21.0. The molecule has 1 heterocycles. The zero-order valence-corrected chi connectivity index (χ0v) is 10.6. The summed E-state index contributed by atoms with van der Waals surface area (Å²) < 4.78 is 10.7. The summed E-state index contributed by atoms with van der Waals surface area (Å²) in [6.45, 7) is 3.19. The summed E-state index contributed by atoms with van der Waals surface area (Å²) in [5.41, 5.74) is -0.112. The van der Waals surface area contributed by atoms with E-state index >= 15 is 0 Å². The maximum atomic E-state index is 10.8. The van der Waals surface area contributed by atoms with Gasteiger partial charge >= 0.3 is 5.97 Å². The van der Waals surface area contributed by atoms with Crippen LogP contribution in [-0.2, 0) is 9.53 Å². The standard InChI is InChI=1S/C13H13NO5/c1-9(15)18-8-13(2)6-5-10-7-11(14(16)17)3-4-12(10)19-13/h3-7H,8H2,1-2H3. The molecule has 1 unspecified atom stereocenters. The molecule has 1 aliphatic heterocycles. The van der Waals surface area contributed by atoms with E-state index in [1.54, 1.807) is 25.1 Å². The van der Waals surface area contributed by atoms with Gasteiger partial charge in [-0.05, 0) is 19.1 Å². The van der Waals surface area contributed by atoms with Crippen molar-refractivity contribution in [3.05, 3.63) is 40.0 Å². The minimum Gasteiger partial charge on any atom is -0.479 e. The van der Waals surface area contributed by atoms with Crippen molar-refractivity contribution in [2.45, 2.75) is 19.4 Å². The van der Waals surface area contributed by atoms with Gasteiger partial charge in [-0.2, -0.15) is 0 Å². The van der Waals surface area contributed by atoms with Crippen LogP contribution < -0.4 is 4.74 Å². The van der Waals surface area contributed by atoms with E-state index in [1.807, 2.05) is 0 Å². The Balaban J connectivity index is 2.22. The van der Waals surface area contributed by atoms with Crippen LogP contribution >= 0.6 is 0 Å². The summed E-state index contributed by atoms with van der Waals surface area (Å²) in [5.74, 6) is 0.149. The van der Waals surface area contributed by atoms with Gasteiger partial charge in [-0.15, -0.1) is 0 Å². The molecule has 0 fully saturated rings. The zero-order chi connectivity index (χ0) is 14.0. The van der Waals surface area contributed by atoms with Gasteiger partial charge in [0, 0.05) is 24.6 Å². The number of benzene rings is 1. The second-order valence-electron chi connectivity index (χ2n) is 4.51. The van der Waals surface area contributed by atoms with Crippen LogP contribution in [0.5, 0.6) is 5.75 Å². The van der Waals surface area contributed by atoms with Gasteiger partial charge in [-0.1, -0.05) is 6.08 Å². The van der Waals surface area contributed by atoms with Crippen LogP contribution in [0.3, 0.4) is 0 Å². The van der Waals surface area contributed by atoms with Gasteiger partial charge in [-0.3, -0.25) is 14.9 Å². The third kappa shape index (κ3) is 2.90. The molecular weight excluding hydrogens is 250 g/mol. The Morgan fingerprint density at radius 2 is 2.26 bits per heavy atom. The quantitative estimate of drug-likeness (QED) is 0.475. The first kappa shape index (κ1) is 13.1.